The summed E-state index contributed by atoms with van der Waals surface area (Å²) in [6.07, 6.45) is 6.90. The van der Waals surface area contributed by atoms with Crippen molar-refractivity contribution in [3.05, 3.63) is 0 Å². The molecule has 1 fully saturated rings. The first-order valence-corrected chi connectivity index (χ1v) is 6.66. The molecule has 0 saturated heterocycles. The summed E-state index contributed by atoms with van der Waals surface area (Å²) in [5, 5.41) is 11.7. The van der Waals surface area contributed by atoms with Crippen molar-refractivity contribution in [1.29, 1.82) is 0 Å². The Morgan fingerprint density at radius 1 is 1.29 bits per heavy atom. The van der Waals surface area contributed by atoms with Crippen molar-refractivity contribution in [3.8, 4) is 0 Å². The highest BCUT2D eigenvalue weighted by atomic mass is 16.2. The van der Waals surface area contributed by atoms with Crippen molar-refractivity contribution in [2.45, 2.75) is 50.5 Å². The smallest absolute Gasteiger partial charge is 0.220 e. The lowest BCUT2D eigenvalue weighted by Crippen LogP contribution is -2.50. The molecule has 0 aromatic heterocycles. The first kappa shape index (κ1) is 14.5. The van der Waals surface area contributed by atoms with E-state index in [0.29, 0.717) is 12.8 Å². The Morgan fingerprint density at radius 2 is 1.94 bits per heavy atom. The number of hydrogen-bond donors (Lipinski definition) is 2. The molecule has 17 heavy (non-hydrogen) atoms. The summed E-state index contributed by atoms with van der Waals surface area (Å²) in [5.74, 6) is 0.117. The molecule has 0 aromatic carbocycles. The van der Waals surface area contributed by atoms with Gasteiger partial charge in [0.15, 0.2) is 0 Å². The first-order chi connectivity index (χ1) is 8.10. The lowest BCUT2D eigenvalue weighted by atomic mass is 9.96. The number of unbranched alkanes of at least 4 members (excludes halogenated alkanes) is 1. The number of nitrogens with one attached hydrogen (secondary N) is 1. The molecule has 0 aromatic rings. The Kier molecular flexibility index (Phi) is 5.92. The molecule has 1 aliphatic rings. The summed E-state index contributed by atoms with van der Waals surface area (Å²) in [4.78, 5) is 13.9. The van der Waals surface area contributed by atoms with Crippen molar-refractivity contribution in [2.24, 2.45) is 0 Å². The van der Waals surface area contributed by atoms with Gasteiger partial charge in [-0.1, -0.05) is 12.8 Å². The number of amides is 1. The molecule has 100 valence electrons. The summed E-state index contributed by atoms with van der Waals surface area (Å²) in [6.45, 7) is 0.937. The van der Waals surface area contributed by atoms with Gasteiger partial charge < -0.3 is 15.3 Å². The first-order valence-electron chi connectivity index (χ1n) is 6.66. The maximum absolute atomic E-state index is 11.6. The van der Waals surface area contributed by atoms with E-state index in [1.54, 1.807) is 0 Å². The molecule has 0 bridgehead atoms. The predicted molar refractivity (Wildman–Crippen MR) is 68.8 cm³/mol. The number of carbonyl (C=O) groups is 1. The van der Waals surface area contributed by atoms with E-state index < -0.39 is 0 Å². The number of hydrogen-bond acceptors (Lipinski definition) is 3. The Hall–Kier alpha value is -0.610. The van der Waals surface area contributed by atoms with E-state index in [1.165, 1.54) is 25.7 Å². The molecule has 1 amide bonds. The van der Waals surface area contributed by atoms with E-state index in [0.717, 1.165) is 13.0 Å². The molecule has 0 atom stereocenters. The number of aliphatic hydroxyl groups excluding tert-OH is 1. The van der Waals surface area contributed by atoms with Gasteiger partial charge in [-0.3, -0.25) is 4.79 Å². The Labute approximate surface area is 104 Å². The fourth-order valence-corrected chi connectivity index (χ4v) is 2.56. The molecule has 2 N–H and O–H groups in total. The van der Waals surface area contributed by atoms with E-state index in [1.807, 2.05) is 0 Å². The topological polar surface area (TPSA) is 52.6 Å². The highest BCUT2D eigenvalue weighted by molar-refractivity contribution is 5.75. The predicted octanol–water partition coefficient (Wildman–Crippen LogP) is 1.14. The van der Waals surface area contributed by atoms with Crippen LogP contribution in [0.3, 0.4) is 0 Å². The summed E-state index contributed by atoms with van der Waals surface area (Å²) >= 11 is 0. The SMILES string of the molecule is CN(C)C1(CNC(=O)CCCCO)CCCC1. The number of nitrogens with zero attached hydrogens (tertiary/aromatic N) is 1. The fourth-order valence-electron chi connectivity index (χ4n) is 2.56. The van der Waals surface area contributed by atoms with E-state index in [9.17, 15) is 4.79 Å². The van der Waals surface area contributed by atoms with Crippen LogP contribution in [0, 0.1) is 0 Å². The van der Waals surface area contributed by atoms with Crippen LogP contribution in [-0.2, 0) is 4.79 Å². The van der Waals surface area contributed by atoms with Crippen molar-refractivity contribution in [2.75, 3.05) is 27.2 Å². The quantitative estimate of drug-likeness (QED) is 0.658. The van der Waals surface area contributed by atoms with Crippen LogP contribution in [0.25, 0.3) is 0 Å². The van der Waals surface area contributed by atoms with Gasteiger partial charge in [-0.05, 0) is 39.8 Å². The van der Waals surface area contributed by atoms with Gasteiger partial charge in [0.1, 0.15) is 0 Å². The highest BCUT2D eigenvalue weighted by Gasteiger charge is 2.35. The van der Waals surface area contributed by atoms with Gasteiger partial charge in [0.2, 0.25) is 5.91 Å². The second-order valence-electron chi connectivity index (χ2n) is 5.28. The van der Waals surface area contributed by atoms with Crippen molar-refractivity contribution < 1.29 is 9.90 Å². The van der Waals surface area contributed by atoms with Gasteiger partial charge in [-0.25, -0.2) is 0 Å². The molecule has 0 aliphatic heterocycles. The van der Waals surface area contributed by atoms with Crippen LogP contribution in [0.15, 0.2) is 0 Å². The average Bonchev–Trinajstić information content (AvgIpc) is 2.77. The zero-order valence-electron chi connectivity index (χ0n) is 11.2. The number of carbonyl (C=O) groups excluding carboxylic acids is 1. The minimum atomic E-state index is 0.117. The fraction of sp³-hybridized carbons (Fsp3) is 0.923. The molecular weight excluding hydrogens is 216 g/mol. The normalized spacial score (nSPS) is 18.6. The van der Waals surface area contributed by atoms with Crippen LogP contribution < -0.4 is 5.32 Å². The third-order valence-electron chi connectivity index (χ3n) is 3.91. The van der Waals surface area contributed by atoms with Gasteiger partial charge in [0, 0.05) is 25.1 Å². The van der Waals surface area contributed by atoms with Crippen LogP contribution >= 0.6 is 0 Å². The summed E-state index contributed by atoms with van der Waals surface area (Å²) in [7, 11) is 4.20. The largest absolute Gasteiger partial charge is 0.396 e. The average molecular weight is 242 g/mol. The zero-order valence-corrected chi connectivity index (χ0v) is 11.2. The van der Waals surface area contributed by atoms with Gasteiger partial charge in [-0.2, -0.15) is 0 Å². The van der Waals surface area contributed by atoms with Crippen LogP contribution in [-0.4, -0.2) is 48.7 Å². The lowest BCUT2D eigenvalue weighted by molar-refractivity contribution is -0.121. The van der Waals surface area contributed by atoms with E-state index >= 15 is 0 Å². The Balaban J connectivity index is 2.30. The molecule has 1 saturated carbocycles. The Morgan fingerprint density at radius 3 is 2.47 bits per heavy atom. The summed E-state index contributed by atoms with van der Waals surface area (Å²) in [5.41, 5.74) is 0.173. The monoisotopic (exact) mass is 242 g/mol. The Bertz CT molecular complexity index is 236. The van der Waals surface area contributed by atoms with Gasteiger partial charge in [0.25, 0.3) is 0 Å². The molecule has 0 unspecified atom stereocenters. The van der Waals surface area contributed by atoms with Crippen LogP contribution in [0.5, 0.6) is 0 Å². The van der Waals surface area contributed by atoms with Gasteiger partial charge in [-0.15, -0.1) is 0 Å². The van der Waals surface area contributed by atoms with Crippen molar-refractivity contribution in [1.82, 2.24) is 10.2 Å². The van der Waals surface area contributed by atoms with Gasteiger partial charge >= 0.3 is 0 Å². The molecule has 1 aliphatic carbocycles. The standard InChI is InChI=1S/C13H26N2O2/c1-15(2)13(8-4-5-9-13)11-14-12(17)7-3-6-10-16/h16H,3-11H2,1-2H3,(H,14,17). The number of aliphatic hydroxyl groups is 1. The molecule has 1 rings (SSSR count). The molecule has 4 heteroatoms. The third kappa shape index (κ3) is 4.28. The third-order valence-corrected chi connectivity index (χ3v) is 3.91. The van der Waals surface area contributed by atoms with Crippen molar-refractivity contribution in [3.63, 3.8) is 0 Å². The molecule has 0 spiro atoms. The van der Waals surface area contributed by atoms with Crippen LogP contribution in [0.1, 0.15) is 44.9 Å². The second-order valence-corrected chi connectivity index (χ2v) is 5.28. The molecule has 4 nitrogen and oxygen atoms in total. The summed E-state index contributed by atoms with van der Waals surface area (Å²) in [6, 6.07) is 0. The van der Waals surface area contributed by atoms with E-state index in [4.69, 9.17) is 5.11 Å². The van der Waals surface area contributed by atoms with Gasteiger partial charge in [0.05, 0.1) is 0 Å². The minimum Gasteiger partial charge on any atom is -0.396 e. The van der Waals surface area contributed by atoms with Crippen LogP contribution in [0.2, 0.25) is 0 Å². The maximum Gasteiger partial charge on any atom is 0.220 e. The number of rotatable bonds is 7. The second kappa shape index (κ2) is 6.97. The molecular formula is C13H26N2O2. The van der Waals surface area contributed by atoms with E-state index in [-0.39, 0.29) is 18.1 Å². The molecule has 0 radical (unpaired) electrons. The lowest BCUT2D eigenvalue weighted by Gasteiger charge is -2.36. The zero-order chi connectivity index (χ0) is 12.7. The maximum atomic E-state index is 11.6. The van der Waals surface area contributed by atoms with E-state index in [2.05, 4.69) is 24.3 Å². The minimum absolute atomic E-state index is 0.117. The van der Waals surface area contributed by atoms with Crippen molar-refractivity contribution >= 4 is 5.91 Å². The van der Waals surface area contributed by atoms with Crippen LogP contribution in [0.4, 0.5) is 0 Å². The molecule has 0 heterocycles. The number of likely N-dealkylation sites (N-methyl/N-ethyl adjacent to an activating group) is 1. The highest BCUT2D eigenvalue weighted by Crippen LogP contribution is 2.33. The summed E-state index contributed by atoms with van der Waals surface area (Å²) < 4.78 is 0.